The predicted molar refractivity (Wildman–Crippen MR) is 55.6 cm³/mol. The molecule has 0 aliphatic carbocycles. The number of halogens is 2. The molecule has 0 radical (unpaired) electrons. The minimum absolute atomic E-state index is 0.00940. The molecule has 1 aromatic carbocycles. The number of ether oxygens (including phenoxy) is 1. The van der Waals surface area contributed by atoms with E-state index in [4.69, 9.17) is 4.74 Å². The zero-order valence-electron chi connectivity index (χ0n) is 9.10. The first-order valence-corrected chi connectivity index (χ1v) is 4.69. The Bertz CT molecular complexity index is 339. The molecule has 0 saturated heterocycles. The molecule has 2 nitrogen and oxygen atoms in total. The molecule has 0 bridgehead atoms. The number of alkyl halides is 2. The van der Waals surface area contributed by atoms with E-state index in [1.54, 1.807) is 13.0 Å². The Labute approximate surface area is 88.3 Å². The van der Waals surface area contributed by atoms with E-state index in [2.05, 4.69) is 5.32 Å². The average Bonchev–Trinajstić information content (AvgIpc) is 2.17. The smallest absolute Gasteiger partial charge is 0.285 e. The van der Waals surface area contributed by atoms with Gasteiger partial charge < -0.3 is 10.1 Å². The van der Waals surface area contributed by atoms with E-state index in [-0.39, 0.29) is 12.1 Å². The molecule has 0 saturated carbocycles. The van der Waals surface area contributed by atoms with Crippen LogP contribution < -0.4 is 10.1 Å². The van der Waals surface area contributed by atoms with Crippen LogP contribution in [0.5, 0.6) is 5.75 Å². The molecule has 0 unspecified atom stereocenters. The van der Waals surface area contributed by atoms with Gasteiger partial charge in [-0.3, -0.25) is 0 Å². The van der Waals surface area contributed by atoms with Gasteiger partial charge in [0.25, 0.3) is 5.92 Å². The van der Waals surface area contributed by atoms with Gasteiger partial charge in [0.05, 0.1) is 13.7 Å². The van der Waals surface area contributed by atoms with Crippen molar-refractivity contribution in [3.8, 4) is 5.75 Å². The second-order valence-electron chi connectivity index (χ2n) is 3.42. The lowest BCUT2D eigenvalue weighted by molar-refractivity contribution is -0.00134. The fourth-order valence-electron chi connectivity index (χ4n) is 1.43. The van der Waals surface area contributed by atoms with Crippen molar-refractivity contribution in [1.82, 2.24) is 5.32 Å². The summed E-state index contributed by atoms with van der Waals surface area (Å²) in [5.41, 5.74) is 0.723. The normalized spacial score (nSPS) is 11.5. The third-order valence-electron chi connectivity index (χ3n) is 2.22. The van der Waals surface area contributed by atoms with Gasteiger partial charge in [0.15, 0.2) is 0 Å². The predicted octanol–water partition coefficient (Wildman–Crippen LogP) is 2.31. The van der Waals surface area contributed by atoms with E-state index in [0.717, 1.165) is 0 Å². The van der Waals surface area contributed by atoms with Crippen molar-refractivity contribution in [2.45, 2.75) is 12.8 Å². The van der Waals surface area contributed by atoms with Crippen LogP contribution in [0, 0.1) is 6.92 Å². The van der Waals surface area contributed by atoms with E-state index in [9.17, 15) is 8.78 Å². The van der Waals surface area contributed by atoms with Gasteiger partial charge in [0, 0.05) is 5.56 Å². The fraction of sp³-hybridized carbons (Fsp3) is 0.455. The minimum Gasteiger partial charge on any atom is -0.496 e. The summed E-state index contributed by atoms with van der Waals surface area (Å²) in [6, 6.07) is 4.41. The van der Waals surface area contributed by atoms with Crippen LogP contribution in [-0.4, -0.2) is 20.7 Å². The highest BCUT2D eigenvalue weighted by Crippen LogP contribution is 2.30. The standard InChI is InChI=1S/C11H15F2NO/c1-8-6-9(4-5-10(8)15-3)11(12,13)7-14-2/h4-6,14H,7H2,1-3H3. The summed E-state index contributed by atoms with van der Waals surface area (Å²) in [5.74, 6) is -2.22. The summed E-state index contributed by atoms with van der Waals surface area (Å²) in [5, 5.41) is 2.47. The van der Waals surface area contributed by atoms with Gasteiger partial charge >= 0.3 is 0 Å². The third-order valence-corrected chi connectivity index (χ3v) is 2.22. The molecule has 0 aliphatic rings. The van der Waals surface area contributed by atoms with Crippen molar-refractivity contribution in [3.63, 3.8) is 0 Å². The summed E-state index contributed by atoms with van der Waals surface area (Å²) in [6.07, 6.45) is 0. The second kappa shape index (κ2) is 4.57. The largest absolute Gasteiger partial charge is 0.496 e. The summed E-state index contributed by atoms with van der Waals surface area (Å²) in [6.45, 7) is 1.39. The van der Waals surface area contributed by atoms with Gasteiger partial charge in [-0.1, -0.05) is 0 Å². The molecular formula is C11H15F2NO. The molecule has 1 aromatic rings. The van der Waals surface area contributed by atoms with Gasteiger partial charge in [0.1, 0.15) is 5.75 Å². The molecule has 0 aliphatic heterocycles. The highest BCUT2D eigenvalue weighted by atomic mass is 19.3. The lowest BCUT2D eigenvalue weighted by Crippen LogP contribution is -2.28. The molecule has 0 fully saturated rings. The second-order valence-corrected chi connectivity index (χ2v) is 3.42. The number of benzene rings is 1. The Hall–Kier alpha value is -1.16. The van der Waals surface area contributed by atoms with Gasteiger partial charge in [-0.25, -0.2) is 0 Å². The van der Waals surface area contributed by atoms with Crippen LogP contribution in [0.25, 0.3) is 0 Å². The maximum Gasteiger partial charge on any atom is 0.285 e. The fourth-order valence-corrected chi connectivity index (χ4v) is 1.43. The molecule has 84 valence electrons. The van der Waals surface area contributed by atoms with Crippen LogP contribution in [0.3, 0.4) is 0 Å². The molecule has 1 N–H and O–H groups in total. The summed E-state index contributed by atoms with van der Waals surface area (Å²) in [7, 11) is 3.03. The molecule has 1 rings (SSSR count). The number of methoxy groups -OCH3 is 1. The van der Waals surface area contributed by atoms with Crippen molar-refractivity contribution in [1.29, 1.82) is 0 Å². The molecule has 0 aromatic heterocycles. The van der Waals surface area contributed by atoms with E-state index < -0.39 is 5.92 Å². The quantitative estimate of drug-likeness (QED) is 0.832. The number of likely N-dealkylation sites (N-methyl/N-ethyl adjacent to an activating group) is 1. The van der Waals surface area contributed by atoms with E-state index in [1.165, 1.54) is 26.3 Å². The number of rotatable bonds is 4. The first-order chi connectivity index (χ1) is 7.01. The van der Waals surface area contributed by atoms with Gasteiger partial charge in [-0.2, -0.15) is 8.78 Å². The highest BCUT2D eigenvalue weighted by molar-refractivity contribution is 5.37. The molecule has 0 spiro atoms. The Kier molecular flexibility index (Phi) is 3.63. The number of hydrogen-bond donors (Lipinski definition) is 1. The monoisotopic (exact) mass is 215 g/mol. The van der Waals surface area contributed by atoms with Crippen LogP contribution in [-0.2, 0) is 5.92 Å². The molecular weight excluding hydrogens is 200 g/mol. The molecule has 15 heavy (non-hydrogen) atoms. The number of hydrogen-bond acceptors (Lipinski definition) is 2. The molecule has 0 atom stereocenters. The van der Waals surface area contributed by atoms with Crippen LogP contribution >= 0.6 is 0 Å². The van der Waals surface area contributed by atoms with E-state index in [0.29, 0.717) is 11.3 Å². The number of nitrogens with one attached hydrogen (secondary N) is 1. The average molecular weight is 215 g/mol. The summed E-state index contributed by atoms with van der Waals surface area (Å²) < 4.78 is 31.9. The lowest BCUT2D eigenvalue weighted by Gasteiger charge is -2.17. The van der Waals surface area contributed by atoms with Gasteiger partial charge in [-0.15, -0.1) is 0 Å². The molecule has 4 heteroatoms. The summed E-state index contributed by atoms with van der Waals surface area (Å²) >= 11 is 0. The minimum atomic E-state index is -2.84. The topological polar surface area (TPSA) is 21.3 Å². The van der Waals surface area contributed by atoms with Crippen molar-refractivity contribution in [2.75, 3.05) is 20.7 Å². The van der Waals surface area contributed by atoms with Crippen LogP contribution in [0.2, 0.25) is 0 Å². The van der Waals surface area contributed by atoms with E-state index >= 15 is 0 Å². The van der Waals surface area contributed by atoms with Crippen LogP contribution in [0.1, 0.15) is 11.1 Å². The van der Waals surface area contributed by atoms with E-state index in [1.807, 2.05) is 0 Å². The Morgan fingerprint density at radius 3 is 2.53 bits per heavy atom. The summed E-state index contributed by atoms with van der Waals surface area (Å²) in [4.78, 5) is 0. The van der Waals surface area contributed by atoms with Crippen molar-refractivity contribution in [2.24, 2.45) is 0 Å². The Morgan fingerprint density at radius 1 is 1.40 bits per heavy atom. The van der Waals surface area contributed by atoms with Gasteiger partial charge in [-0.05, 0) is 37.7 Å². The van der Waals surface area contributed by atoms with Gasteiger partial charge in [0.2, 0.25) is 0 Å². The maximum absolute atomic E-state index is 13.5. The Morgan fingerprint density at radius 2 is 2.07 bits per heavy atom. The SMILES string of the molecule is CNCC(F)(F)c1ccc(OC)c(C)c1. The number of aryl methyl sites for hydroxylation is 1. The van der Waals surface area contributed by atoms with Crippen molar-refractivity contribution >= 4 is 0 Å². The first kappa shape index (κ1) is 11.9. The zero-order valence-corrected chi connectivity index (χ0v) is 9.10. The molecule has 0 amide bonds. The lowest BCUT2D eigenvalue weighted by atomic mass is 10.1. The van der Waals surface area contributed by atoms with Crippen molar-refractivity contribution in [3.05, 3.63) is 29.3 Å². The van der Waals surface area contributed by atoms with Crippen LogP contribution in [0.4, 0.5) is 8.78 Å². The van der Waals surface area contributed by atoms with Crippen molar-refractivity contribution < 1.29 is 13.5 Å². The highest BCUT2D eigenvalue weighted by Gasteiger charge is 2.30. The molecule has 0 heterocycles. The maximum atomic E-state index is 13.5. The Balaban J connectivity index is 3.01. The third kappa shape index (κ3) is 2.65. The first-order valence-electron chi connectivity index (χ1n) is 4.69. The zero-order chi connectivity index (χ0) is 11.5. The van der Waals surface area contributed by atoms with Crippen LogP contribution in [0.15, 0.2) is 18.2 Å².